The molecule has 0 radical (unpaired) electrons. The summed E-state index contributed by atoms with van der Waals surface area (Å²) in [6, 6.07) is 6.19. The fourth-order valence-corrected chi connectivity index (χ4v) is 2.21. The standard InChI is InChI=1S/C17H26FN3O2/c1-5-21(11-16(22)19-13(2)3)12-17(23)20(4)10-14-6-8-15(18)9-7-14/h6-9,13H,5,10-12H2,1-4H3,(H,19,22)/p+1. The summed E-state index contributed by atoms with van der Waals surface area (Å²) in [5.74, 6) is -0.380. The average molecular weight is 324 g/mol. The van der Waals surface area contributed by atoms with Gasteiger partial charge in [0.15, 0.2) is 13.1 Å². The fraction of sp³-hybridized carbons (Fsp3) is 0.529. The molecule has 0 saturated heterocycles. The highest BCUT2D eigenvalue weighted by atomic mass is 19.1. The molecule has 6 heteroatoms. The van der Waals surface area contributed by atoms with Gasteiger partial charge in [0, 0.05) is 19.6 Å². The van der Waals surface area contributed by atoms with E-state index in [0.717, 1.165) is 10.5 Å². The zero-order chi connectivity index (χ0) is 17.4. The number of nitrogens with one attached hydrogen (secondary N) is 2. The Bertz CT molecular complexity index is 517. The van der Waals surface area contributed by atoms with E-state index in [1.54, 1.807) is 24.1 Å². The lowest BCUT2D eigenvalue weighted by molar-refractivity contribution is -0.882. The number of carbonyl (C=O) groups excluding carboxylic acids is 2. The molecule has 128 valence electrons. The van der Waals surface area contributed by atoms with Gasteiger partial charge in [0.05, 0.1) is 6.54 Å². The van der Waals surface area contributed by atoms with E-state index in [4.69, 9.17) is 0 Å². The van der Waals surface area contributed by atoms with Crippen LogP contribution in [0.15, 0.2) is 24.3 Å². The first-order valence-electron chi connectivity index (χ1n) is 7.93. The minimum Gasteiger partial charge on any atom is -0.349 e. The van der Waals surface area contributed by atoms with Gasteiger partial charge in [0.1, 0.15) is 5.82 Å². The number of halogens is 1. The van der Waals surface area contributed by atoms with E-state index in [1.165, 1.54) is 12.1 Å². The molecule has 0 fully saturated rings. The van der Waals surface area contributed by atoms with E-state index in [2.05, 4.69) is 5.32 Å². The van der Waals surface area contributed by atoms with Crippen LogP contribution < -0.4 is 10.2 Å². The van der Waals surface area contributed by atoms with Crippen LogP contribution in [-0.4, -0.2) is 49.4 Å². The second-order valence-corrected chi connectivity index (χ2v) is 6.06. The van der Waals surface area contributed by atoms with Gasteiger partial charge in [-0.15, -0.1) is 0 Å². The van der Waals surface area contributed by atoms with Crippen LogP contribution in [0.5, 0.6) is 0 Å². The Kier molecular flexibility index (Phi) is 7.68. The quantitative estimate of drug-likeness (QED) is 0.718. The van der Waals surface area contributed by atoms with E-state index in [-0.39, 0.29) is 36.8 Å². The maximum absolute atomic E-state index is 12.9. The number of nitrogens with zero attached hydrogens (tertiary/aromatic N) is 1. The molecule has 0 aliphatic carbocycles. The van der Waals surface area contributed by atoms with E-state index in [1.807, 2.05) is 20.8 Å². The van der Waals surface area contributed by atoms with Crippen molar-refractivity contribution in [2.75, 3.05) is 26.7 Å². The molecular formula is C17H27FN3O2+. The monoisotopic (exact) mass is 324 g/mol. The zero-order valence-corrected chi connectivity index (χ0v) is 14.4. The van der Waals surface area contributed by atoms with Crippen LogP contribution in [0.1, 0.15) is 26.3 Å². The van der Waals surface area contributed by atoms with Crippen LogP contribution in [0.2, 0.25) is 0 Å². The van der Waals surface area contributed by atoms with Gasteiger partial charge in [-0.05, 0) is 38.5 Å². The predicted octanol–water partition coefficient (Wildman–Crippen LogP) is 0.214. The highest BCUT2D eigenvalue weighted by Gasteiger charge is 2.19. The maximum Gasteiger partial charge on any atom is 0.277 e. The van der Waals surface area contributed by atoms with Crippen molar-refractivity contribution in [1.82, 2.24) is 10.2 Å². The number of quaternary nitrogens is 1. The van der Waals surface area contributed by atoms with E-state index >= 15 is 0 Å². The predicted molar refractivity (Wildman–Crippen MR) is 87.4 cm³/mol. The summed E-state index contributed by atoms with van der Waals surface area (Å²) >= 11 is 0. The molecule has 0 aliphatic rings. The fourth-order valence-electron chi connectivity index (χ4n) is 2.21. The van der Waals surface area contributed by atoms with Crippen molar-refractivity contribution < 1.29 is 18.9 Å². The van der Waals surface area contributed by atoms with Gasteiger partial charge in [-0.3, -0.25) is 9.59 Å². The van der Waals surface area contributed by atoms with Gasteiger partial charge in [0.2, 0.25) is 0 Å². The number of benzene rings is 1. The maximum atomic E-state index is 12.9. The van der Waals surface area contributed by atoms with Crippen LogP contribution >= 0.6 is 0 Å². The lowest BCUT2D eigenvalue weighted by Crippen LogP contribution is -3.14. The topological polar surface area (TPSA) is 53.9 Å². The summed E-state index contributed by atoms with van der Waals surface area (Å²) in [5, 5.41) is 2.83. The molecular weight excluding hydrogens is 297 g/mol. The molecule has 5 nitrogen and oxygen atoms in total. The van der Waals surface area contributed by atoms with Crippen LogP contribution in [0, 0.1) is 5.82 Å². The number of rotatable bonds is 8. The Morgan fingerprint density at radius 3 is 2.35 bits per heavy atom. The van der Waals surface area contributed by atoms with E-state index in [0.29, 0.717) is 13.1 Å². The molecule has 0 heterocycles. The van der Waals surface area contributed by atoms with Gasteiger partial charge >= 0.3 is 0 Å². The second kappa shape index (κ2) is 9.25. The summed E-state index contributed by atoms with van der Waals surface area (Å²) in [6.45, 7) is 7.43. The molecule has 1 rings (SSSR count). The molecule has 1 aromatic rings. The van der Waals surface area contributed by atoms with Gasteiger partial charge in [0.25, 0.3) is 11.8 Å². The smallest absolute Gasteiger partial charge is 0.277 e. The van der Waals surface area contributed by atoms with Crippen LogP contribution in [0.4, 0.5) is 4.39 Å². The summed E-state index contributed by atoms with van der Waals surface area (Å²) in [4.78, 5) is 26.6. The molecule has 2 N–H and O–H groups in total. The lowest BCUT2D eigenvalue weighted by Gasteiger charge is -2.22. The number of hydrogen-bond donors (Lipinski definition) is 2. The first-order valence-corrected chi connectivity index (χ1v) is 7.93. The summed E-state index contributed by atoms with van der Waals surface area (Å²) < 4.78 is 12.9. The minimum atomic E-state index is -0.291. The Hall–Kier alpha value is -1.95. The zero-order valence-electron chi connectivity index (χ0n) is 14.4. The minimum absolute atomic E-state index is 0.0384. The largest absolute Gasteiger partial charge is 0.349 e. The van der Waals surface area contributed by atoms with Gasteiger partial charge in [-0.2, -0.15) is 0 Å². The van der Waals surface area contributed by atoms with Crippen molar-refractivity contribution in [2.24, 2.45) is 0 Å². The molecule has 1 atom stereocenters. The van der Waals surface area contributed by atoms with Crippen molar-refractivity contribution in [2.45, 2.75) is 33.4 Å². The molecule has 0 bridgehead atoms. The van der Waals surface area contributed by atoms with Crippen molar-refractivity contribution in [1.29, 1.82) is 0 Å². The highest BCUT2D eigenvalue weighted by Crippen LogP contribution is 2.05. The molecule has 0 aromatic heterocycles. The molecule has 23 heavy (non-hydrogen) atoms. The second-order valence-electron chi connectivity index (χ2n) is 6.06. The Labute approximate surface area is 137 Å². The molecule has 1 aromatic carbocycles. The number of amides is 2. The lowest BCUT2D eigenvalue weighted by atomic mass is 10.2. The Morgan fingerprint density at radius 2 is 1.83 bits per heavy atom. The summed E-state index contributed by atoms with van der Waals surface area (Å²) in [6.07, 6.45) is 0. The van der Waals surface area contributed by atoms with Crippen molar-refractivity contribution in [3.8, 4) is 0 Å². The van der Waals surface area contributed by atoms with Gasteiger partial charge < -0.3 is 15.1 Å². The van der Waals surface area contributed by atoms with Gasteiger partial charge in [-0.1, -0.05) is 12.1 Å². The number of likely N-dealkylation sites (N-methyl/N-ethyl adjacent to an activating group) is 2. The average Bonchev–Trinajstić information content (AvgIpc) is 2.47. The Morgan fingerprint density at radius 1 is 1.22 bits per heavy atom. The first-order chi connectivity index (χ1) is 10.8. The third kappa shape index (κ3) is 7.23. The normalized spacial score (nSPS) is 12.1. The summed E-state index contributed by atoms with van der Waals surface area (Å²) in [5.41, 5.74) is 0.873. The first kappa shape index (κ1) is 19.1. The van der Waals surface area contributed by atoms with Crippen LogP contribution in [-0.2, 0) is 16.1 Å². The molecule has 0 spiro atoms. The molecule has 0 saturated carbocycles. The molecule has 2 amide bonds. The molecule has 0 aliphatic heterocycles. The van der Waals surface area contributed by atoms with Gasteiger partial charge in [-0.25, -0.2) is 4.39 Å². The summed E-state index contributed by atoms with van der Waals surface area (Å²) in [7, 11) is 1.72. The van der Waals surface area contributed by atoms with Crippen molar-refractivity contribution >= 4 is 11.8 Å². The van der Waals surface area contributed by atoms with E-state index < -0.39 is 0 Å². The number of carbonyl (C=O) groups is 2. The number of hydrogen-bond acceptors (Lipinski definition) is 2. The SMILES string of the molecule is CC[NH+](CC(=O)NC(C)C)CC(=O)N(C)Cc1ccc(F)cc1. The van der Waals surface area contributed by atoms with Crippen molar-refractivity contribution in [3.63, 3.8) is 0 Å². The third-order valence-corrected chi connectivity index (χ3v) is 3.52. The highest BCUT2D eigenvalue weighted by molar-refractivity contribution is 5.79. The Balaban J connectivity index is 2.51. The van der Waals surface area contributed by atoms with Crippen LogP contribution in [0.25, 0.3) is 0 Å². The van der Waals surface area contributed by atoms with Crippen molar-refractivity contribution in [3.05, 3.63) is 35.6 Å². The molecule has 1 unspecified atom stereocenters. The third-order valence-electron chi connectivity index (χ3n) is 3.52. The van der Waals surface area contributed by atoms with Crippen LogP contribution in [0.3, 0.4) is 0 Å². The van der Waals surface area contributed by atoms with E-state index in [9.17, 15) is 14.0 Å².